The van der Waals surface area contributed by atoms with Crippen molar-refractivity contribution in [3.05, 3.63) is 79.2 Å². The maximum absolute atomic E-state index is 7.75. The summed E-state index contributed by atoms with van der Waals surface area (Å²) in [5.74, 6) is 0. The van der Waals surface area contributed by atoms with Crippen LogP contribution < -0.4 is 0 Å². The topological polar surface area (TPSA) is 34.1 Å². The molecule has 0 amide bonds. The molecule has 117 valence electrons. The van der Waals surface area contributed by atoms with Gasteiger partial charge < -0.3 is 16.0 Å². The van der Waals surface area contributed by atoms with Crippen molar-refractivity contribution in [2.24, 2.45) is 0 Å². The van der Waals surface area contributed by atoms with Crippen LogP contribution in [0.25, 0.3) is 0 Å². The smallest absolute Gasteiger partial charge is 0.545 e. The molecule has 3 rings (SSSR count). The molecule has 2 aromatic rings. The fourth-order valence-corrected chi connectivity index (χ4v) is 1.41. The van der Waals surface area contributed by atoms with Crippen LogP contribution in [0.2, 0.25) is 0 Å². The van der Waals surface area contributed by atoms with Crippen LogP contribution in [0.5, 0.6) is 0 Å². The van der Waals surface area contributed by atoms with Gasteiger partial charge in [0.25, 0.3) is 0 Å². The molecule has 2 nitrogen and oxygen atoms in total. The SMILES string of the molecule is [CH-]1CCCC1.[CH-]=O.[CH-]=O.[Ru+5].[c-]1ccccc1.[c-]1ccccc1. The second kappa shape index (κ2) is 27.7. The van der Waals surface area contributed by atoms with Crippen molar-refractivity contribution in [2.75, 3.05) is 0 Å². The van der Waals surface area contributed by atoms with E-state index in [0.29, 0.717) is 0 Å². The maximum Gasteiger partial charge on any atom is 5.00 e. The third kappa shape index (κ3) is 23.5. The summed E-state index contributed by atoms with van der Waals surface area (Å²) < 4.78 is 0. The Balaban J connectivity index is -0.000000217. The summed E-state index contributed by atoms with van der Waals surface area (Å²) in [6, 6.07) is 25.0. The zero-order chi connectivity index (χ0) is 16.0. The zero-order valence-corrected chi connectivity index (χ0v) is 14.2. The molecule has 0 bridgehead atoms. The van der Waals surface area contributed by atoms with Crippen molar-refractivity contribution in [1.29, 1.82) is 0 Å². The number of rotatable bonds is 0. The van der Waals surface area contributed by atoms with Gasteiger partial charge in [0.1, 0.15) is 0 Å². The van der Waals surface area contributed by atoms with Gasteiger partial charge in [0, 0.05) is 0 Å². The number of hydrogen-bond acceptors (Lipinski definition) is 2. The van der Waals surface area contributed by atoms with E-state index in [9.17, 15) is 0 Å². The van der Waals surface area contributed by atoms with Crippen LogP contribution in [0.15, 0.2) is 60.7 Å². The van der Waals surface area contributed by atoms with E-state index < -0.39 is 0 Å². The van der Waals surface area contributed by atoms with E-state index in [1.54, 1.807) is 0 Å². The molecule has 0 saturated heterocycles. The van der Waals surface area contributed by atoms with Gasteiger partial charge >= 0.3 is 19.5 Å². The van der Waals surface area contributed by atoms with E-state index in [4.69, 9.17) is 9.59 Å². The standard InChI is InChI=1S/2C6H5.C5H9.2CHO.Ru/c2*1-2-4-6-5-3-1;1-2-4-5-3-1;2*1-2;/h2*1-5H;1H,2-5H2;2*1H;/q5*-1;+5. The van der Waals surface area contributed by atoms with E-state index in [0.717, 1.165) is 0 Å². The van der Waals surface area contributed by atoms with Crippen molar-refractivity contribution in [1.82, 2.24) is 0 Å². The molecule has 1 aliphatic carbocycles. The number of benzene rings is 2. The molecule has 1 aliphatic rings. The Kier molecular flexibility index (Phi) is 31.9. The van der Waals surface area contributed by atoms with Gasteiger partial charge in [0.05, 0.1) is 0 Å². The fourth-order valence-electron chi connectivity index (χ4n) is 1.41. The van der Waals surface area contributed by atoms with Gasteiger partial charge in [0.2, 0.25) is 0 Å². The normalized spacial score (nSPS) is 10.2. The Labute approximate surface area is 147 Å². The fraction of sp³-hybridized carbons (Fsp3) is 0.211. The van der Waals surface area contributed by atoms with Crippen molar-refractivity contribution >= 4 is 13.6 Å². The molecule has 2 aromatic carbocycles. The van der Waals surface area contributed by atoms with Crippen LogP contribution in [-0.2, 0) is 29.1 Å². The monoisotopic (exact) mass is 383 g/mol. The van der Waals surface area contributed by atoms with Gasteiger partial charge in [-0.05, 0) is 0 Å². The summed E-state index contributed by atoms with van der Waals surface area (Å²) in [5.41, 5.74) is 0. The minimum absolute atomic E-state index is 0. The number of carbonyl (C=O) groups excluding carboxylic acids is 2. The first-order valence-corrected chi connectivity index (χ1v) is 6.61. The van der Waals surface area contributed by atoms with E-state index in [-0.39, 0.29) is 19.5 Å². The molecule has 3 heteroatoms. The Bertz CT molecular complexity index is 269. The summed E-state index contributed by atoms with van der Waals surface area (Å²) >= 11 is 0. The molecule has 0 aromatic heterocycles. The van der Waals surface area contributed by atoms with Crippen molar-refractivity contribution in [2.45, 2.75) is 25.7 Å². The largest absolute Gasteiger partial charge is 5.00 e. The van der Waals surface area contributed by atoms with Crippen molar-refractivity contribution in [3.8, 4) is 0 Å². The van der Waals surface area contributed by atoms with Crippen LogP contribution in [0.3, 0.4) is 0 Å². The predicted octanol–water partition coefficient (Wildman–Crippen LogP) is 4.19. The summed E-state index contributed by atoms with van der Waals surface area (Å²) in [6.07, 6.45) is 8.00. The Morgan fingerprint density at radius 3 is 1.05 bits per heavy atom. The second-order valence-electron chi connectivity index (χ2n) is 3.73. The average Bonchev–Trinajstić information content (AvgIpc) is 3.22. The quantitative estimate of drug-likeness (QED) is 0.389. The molecule has 0 N–H and O–H groups in total. The van der Waals surface area contributed by atoms with Gasteiger partial charge in [-0.25, -0.2) is 0 Å². The van der Waals surface area contributed by atoms with Gasteiger partial charge in [-0.15, -0.1) is 0 Å². The minimum Gasteiger partial charge on any atom is -0.545 e. The van der Waals surface area contributed by atoms with Gasteiger partial charge in [-0.2, -0.15) is 85.6 Å². The first kappa shape index (κ1) is 25.4. The van der Waals surface area contributed by atoms with Gasteiger partial charge in [-0.3, -0.25) is 13.6 Å². The van der Waals surface area contributed by atoms with E-state index in [1.165, 1.54) is 25.7 Å². The third-order valence-corrected chi connectivity index (χ3v) is 2.28. The second-order valence-corrected chi connectivity index (χ2v) is 3.73. The van der Waals surface area contributed by atoms with Crippen LogP contribution in [-0.4, -0.2) is 13.6 Å². The molecule has 1 radical (unpaired) electrons. The summed E-state index contributed by atoms with van der Waals surface area (Å²) in [4.78, 5) is 15.5. The summed E-state index contributed by atoms with van der Waals surface area (Å²) in [5, 5.41) is 0. The molecular weight excluding hydrogens is 361 g/mol. The third-order valence-electron chi connectivity index (χ3n) is 2.28. The van der Waals surface area contributed by atoms with Crippen LogP contribution in [0.1, 0.15) is 25.7 Å². The molecule has 0 atom stereocenters. The molecule has 1 fully saturated rings. The van der Waals surface area contributed by atoms with Crippen molar-refractivity contribution < 1.29 is 29.1 Å². The van der Waals surface area contributed by atoms with Crippen LogP contribution >= 0.6 is 0 Å². The average molecular weight is 382 g/mol. The Morgan fingerprint density at radius 1 is 0.636 bits per heavy atom. The zero-order valence-electron chi connectivity index (χ0n) is 12.5. The first-order chi connectivity index (χ1) is 10.5. The van der Waals surface area contributed by atoms with Gasteiger partial charge in [-0.1, -0.05) is 12.8 Å². The molecule has 0 unspecified atom stereocenters. The Hall–Kier alpha value is -1.60. The molecule has 0 heterocycles. The van der Waals surface area contributed by atoms with Gasteiger partial charge in [0.15, 0.2) is 0 Å². The van der Waals surface area contributed by atoms with E-state index in [1.807, 2.05) is 60.7 Å². The molecule has 0 spiro atoms. The molecule has 0 aliphatic heterocycles. The predicted molar refractivity (Wildman–Crippen MR) is 86.8 cm³/mol. The van der Waals surface area contributed by atoms with E-state index in [2.05, 4.69) is 32.1 Å². The van der Waals surface area contributed by atoms with Crippen LogP contribution in [0.4, 0.5) is 0 Å². The Morgan fingerprint density at radius 2 is 0.955 bits per heavy atom. The molecular formula is C19H21O2Ru. The number of hydrogen-bond donors (Lipinski definition) is 0. The molecule has 22 heavy (non-hydrogen) atoms. The minimum atomic E-state index is 0. The van der Waals surface area contributed by atoms with E-state index >= 15 is 0 Å². The summed E-state index contributed by atoms with van der Waals surface area (Å²) in [7, 11) is 0. The first-order valence-electron chi connectivity index (χ1n) is 6.61. The summed E-state index contributed by atoms with van der Waals surface area (Å²) in [6.45, 7) is 6.50. The maximum atomic E-state index is 7.75. The van der Waals surface area contributed by atoms with Crippen LogP contribution in [0, 0.1) is 18.6 Å². The van der Waals surface area contributed by atoms with Crippen molar-refractivity contribution in [3.63, 3.8) is 0 Å². The molecule has 1 saturated carbocycles.